The van der Waals surface area contributed by atoms with E-state index >= 15 is 0 Å². The van der Waals surface area contributed by atoms with Gasteiger partial charge in [-0.2, -0.15) is 0 Å². The molecule has 0 aliphatic heterocycles. The van der Waals surface area contributed by atoms with Crippen molar-refractivity contribution in [2.24, 2.45) is 0 Å². The molecule has 3 heteroatoms. The van der Waals surface area contributed by atoms with E-state index in [1.807, 2.05) is 18.2 Å². The average molecular weight is 263 g/mol. The molecule has 0 saturated carbocycles. The molecular weight excluding hydrogens is 251 g/mol. The van der Waals surface area contributed by atoms with E-state index in [0.717, 1.165) is 11.1 Å². The molecule has 2 rings (SSSR count). The van der Waals surface area contributed by atoms with Crippen molar-refractivity contribution < 1.29 is 9.50 Å². The van der Waals surface area contributed by atoms with E-state index < -0.39 is 0 Å². The first-order valence-corrected chi connectivity index (χ1v) is 5.90. The summed E-state index contributed by atoms with van der Waals surface area (Å²) in [6, 6.07) is 13.4. The summed E-state index contributed by atoms with van der Waals surface area (Å²) in [5.41, 5.74) is 2.30. The summed E-state index contributed by atoms with van der Waals surface area (Å²) >= 11 is 6.05. The molecule has 92 valence electrons. The molecule has 0 unspecified atom stereocenters. The topological polar surface area (TPSA) is 20.2 Å². The Kier molecular flexibility index (Phi) is 4.13. The van der Waals surface area contributed by atoms with Crippen LogP contribution in [0.5, 0.6) is 0 Å². The smallest absolute Gasteiger partial charge is 0.123 e. The van der Waals surface area contributed by atoms with Crippen LogP contribution < -0.4 is 0 Å². The van der Waals surface area contributed by atoms with Crippen LogP contribution in [0.1, 0.15) is 11.1 Å². The third-order valence-electron chi connectivity index (χ3n) is 2.62. The Morgan fingerprint density at radius 2 is 1.78 bits per heavy atom. The monoisotopic (exact) mass is 262 g/mol. The van der Waals surface area contributed by atoms with Crippen LogP contribution in [0.25, 0.3) is 11.6 Å². The lowest BCUT2D eigenvalue weighted by atomic mass is 10.0. The molecule has 0 aliphatic rings. The van der Waals surface area contributed by atoms with Crippen LogP contribution in [-0.2, 0) is 0 Å². The zero-order valence-corrected chi connectivity index (χ0v) is 10.4. The van der Waals surface area contributed by atoms with Crippen LogP contribution in [0.3, 0.4) is 0 Å². The van der Waals surface area contributed by atoms with Gasteiger partial charge in [-0.15, -0.1) is 0 Å². The van der Waals surface area contributed by atoms with E-state index in [9.17, 15) is 9.50 Å². The third-order valence-corrected chi connectivity index (χ3v) is 2.96. The highest BCUT2D eigenvalue weighted by Crippen LogP contribution is 2.22. The van der Waals surface area contributed by atoms with Gasteiger partial charge in [-0.3, -0.25) is 0 Å². The molecule has 18 heavy (non-hydrogen) atoms. The van der Waals surface area contributed by atoms with Gasteiger partial charge in [0.2, 0.25) is 0 Å². The van der Waals surface area contributed by atoms with Gasteiger partial charge in [0.15, 0.2) is 0 Å². The second-order valence-electron chi connectivity index (χ2n) is 3.86. The van der Waals surface area contributed by atoms with Crippen molar-refractivity contribution in [3.63, 3.8) is 0 Å². The number of hydrogen-bond donors (Lipinski definition) is 1. The number of benzene rings is 2. The molecule has 1 N–H and O–H groups in total. The molecule has 0 radical (unpaired) electrons. The van der Waals surface area contributed by atoms with Crippen LogP contribution >= 0.6 is 11.6 Å². The normalized spacial score (nSPS) is 11.6. The second-order valence-corrected chi connectivity index (χ2v) is 4.26. The standard InChI is InChI=1S/C15H12ClFO/c16-15-4-2-1-3-12(15)9-13(10-18)11-5-7-14(17)8-6-11/h1-9,18H,10H2/b13-9-. The highest BCUT2D eigenvalue weighted by atomic mass is 35.5. The highest BCUT2D eigenvalue weighted by molar-refractivity contribution is 6.32. The maximum atomic E-state index is 12.8. The van der Waals surface area contributed by atoms with Crippen LogP contribution in [0.2, 0.25) is 5.02 Å². The van der Waals surface area contributed by atoms with E-state index in [4.69, 9.17) is 11.6 Å². The van der Waals surface area contributed by atoms with Crippen LogP contribution in [0.15, 0.2) is 48.5 Å². The van der Waals surface area contributed by atoms with Crippen LogP contribution in [-0.4, -0.2) is 11.7 Å². The highest BCUT2D eigenvalue weighted by Gasteiger charge is 2.03. The van der Waals surface area contributed by atoms with Crippen molar-refractivity contribution in [2.75, 3.05) is 6.61 Å². The fourth-order valence-electron chi connectivity index (χ4n) is 1.66. The fourth-order valence-corrected chi connectivity index (χ4v) is 1.85. The lowest BCUT2D eigenvalue weighted by molar-refractivity contribution is 0.350. The van der Waals surface area contributed by atoms with Gasteiger partial charge in [0.25, 0.3) is 0 Å². The lowest BCUT2D eigenvalue weighted by Crippen LogP contribution is -1.91. The minimum atomic E-state index is -0.297. The van der Waals surface area contributed by atoms with E-state index in [2.05, 4.69) is 0 Å². The molecule has 2 aromatic carbocycles. The summed E-state index contributed by atoms with van der Waals surface area (Å²) in [4.78, 5) is 0. The van der Waals surface area contributed by atoms with Gasteiger partial charge in [0.05, 0.1) is 6.61 Å². The summed E-state index contributed by atoms with van der Waals surface area (Å²) in [6.45, 7) is -0.128. The zero-order chi connectivity index (χ0) is 13.0. The molecule has 0 amide bonds. The van der Waals surface area contributed by atoms with Crippen molar-refractivity contribution in [2.45, 2.75) is 0 Å². The molecule has 0 spiro atoms. The molecule has 1 nitrogen and oxygen atoms in total. The minimum absolute atomic E-state index is 0.128. The van der Waals surface area contributed by atoms with Crippen molar-refractivity contribution >= 4 is 23.3 Å². The van der Waals surface area contributed by atoms with Gasteiger partial charge in [-0.1, -0.05) is 41.9 Å². The Labute approximate surface area is 110 Å². The Morgan fingerprint density at radius 1 is 1.11 bits per heavy atom. The quantitative estimate of drug-likeness (QED) is 0.829. The van der Waals surface area contributed by atoms with Gasteiger partial charge >= 0.3 is 0 Å². The number of aliphatic hydroxyl groups is 1. The molecule has 0 heterocycles. The van der Waals surface area contributed by atoms with Gasteiger partial charge < -0.3 is 5.11 Å². The van der Waals surface area contributed by atoms with Crippen molar-refractivity contribution in [1.82, 2.24) is 0 Å². The second kappa shape index (κ2) is 5.80. The van der Waals surface area contributed by atoms with E-state index in [1.54, 1.807) is 24.3 Å². The fraction of sp³-hybridized carbons (Fsp3) is 0.0667. The van der Waals surface area contributed by atoms with E-state index in [0.29, 0.717) is 10.6 Å². The Bertz CT molecular complexity index is 561. The van der Waals surface area contributed by atoms with E-state index in [1.165, 1.54) is 12.1 Å². The zero-order valence-electron chi connectivity index (χ0n) is 9.61. The lowest BCUT2D eigenvalue weighted by Gasteiger charge is -2.06. The predicted molar refractivity (Wildman–Crippen MR) is 72.8 cm³/mol. The molecule has 0 bridgehead atoms. The van der Waals surface area contributed by atoms with Gasteiger partial charge in [0.1, 0.15) is 5.82 Å². The molecule has 0 saturated heterocycles. The molecule has 0 fully saturated rings. The average Bonchev–Trinajstić information content (AvgIpc) is 2.39. The maximum Gasteiger partial charge on any atom is 0.123 e. The molecule has 0 aliphatic carbocycles. The number of halogens is 2. The largest absolute Gasteiger partial charge is 0.392 e. The summed E-state index contributed by atoms with van der Waals surface area (Å²) in [6.07, 6.45) is 1.80. The summed E-state index contributed by atoms with van der Waals surface area (Å²) < 4.78 is 12.8. The summed E-state index contributed by atoms with van der Waals surface area (Å²) in [7, 11) is 0. The first-order chi connectivity index (χ1) is 8.70. The predicted octanol–water partition coefficient (Wildman–Crippen LogP) is 4.01. The third kappa shape index (κ3) is 2.97. The SMILES string of the molecule is OC/C(=C/c1ccccc1Cl)c1ccc(F)cc1. The molecular formula is C15H12ClFO. The first-order valence-electron chi connectivity index (χ1n) is 5.52. The van der Waals surface area contributed by atoms with Crippen molar-refractivity contribution in [3.05, 3.63) is 70.5 Å². The Balaban J connectivity index is 2.40. The van der Waals surface area contributed by atoms with Crippen LogP contribution in [0, 0.1) is 5.82 Å². The number of aliphatic hydroxyl groups excluding tert-OH is 1. The first kappa shape index (κ1) is 12.8. The summed E-state index contributed by atoms with van der Waals surface area (Å²) in [5, 5.41) is 10.0. The number of hydrogen-bond acceptors (Lipinski definition) is 1. The van der Waals surface area contributed by atoms with Gasteiger partial charge in [0, 0.05) is 5.02 Å². The van der Waals surface area contributed by atoms with Crippen molar-refractivity contribution in [3.8, 4) is 0 Å². The molecule has 2 aromatic rings. The van der Waals surface area contributed by atoms with Crippen molar-refractivity contribution in [1.29, 1.82) is 0 Å². The number of rotatable bonds is 3. The Morgan fingerprint density at radius 3 is 2.39 bits per heavy atom. The van der Waals surface area contributed by atoms with Gasteiger partial charge in [-0.25, -0.2) is 4.39 Å². The van der Waals surface area contributed by atoms with Gasteiger partial charge in [-0.05, 0) is 41.0 Å². The Hall–Kier alpha value is -1.64. The molecule has 0 atom stereocenters. The summed E-state index contributed by atoms with van der Waals surface area (Å²) in [5.74, 6) is -0.297. The minimum Gasteiger partial charge on any atom is -0.392 e. The van der Waals surface area contributed by atoms with E-state index in [-0.39, 0.29) is 12.4 Å². The maximum absolute atomic E-state index is 12.8. The molecule has 0 aromatic heterocycles. The van der Waals surface area contributed by atoms with Crippen LogP contribution in [0.4, 0.5) is 4.39 Å².